The van der Waals surface area contributed by atoms with Crippen molar-refractivity contribution >= 4 is 45.3 Å². The van der Waals surface area contributed by atoms with Crippen molar-refractivity contribution in [3.8, 4) is 0 Å². The van der Waals surface area contributed by atoms with Gasteiger partial charge in [0.25, 0.3) is 0 Å². The molecular formula is C38H74N4O6S2. The van der Waals surface area contributed by atoms with Crippen molar-refractivity contribution in [3.63, 3.8) is 0 Å². The van der Waals surface area contributed by atoms with Crippen LogP contribution in [0.5, 0.6) is 0 Å². The van der Waals surface area contributed by atoms with Crippen molar-refractivity contribution in [2.75, 3.05) is 24.6 Å². The summed E-state index contributed by atoms with van der Waals surface area (Å²) in [5.74, 6) is -2.57. The number of nitrogens with one attached hydrogen (secondary N) is 2. The summed E-state index contributed by atoms with van der Waals surface area (Å²) in [6.07, 6.45) is 31.2. The third-order valence-electron chi connectivity index (χ3n) is 9.04. The zero-order valence-electron chi connectivity index (χ0n) is 31.3. The van der Waals surface area contributed by atoms with Crippen LogP contribution >= 0.6 is 21.6 Å². The van der Waals surface area contributed by atoms with Crippen molar-refractivity contribution in [3.05, 3.63) is 0 Å². The van der Waals surface area contributed by atoms with E-state index in [1.165, 1.54) is 137 Å². The number of carboxylic acid groups (broad SMARTS) is 2. The van der Waals surface area contributed by atoms with Crippen LogP contribution in [0.3, 0.4) is 0 Å². The number of carbonyl (C=O) groups excluding carboxylic acids is 2. The topological polar surface area (TPSA) is 185 Å². The first-order valence-corrected chi connectivity index (χ1v) is 22.5. The fourth-order valence-electron chi connectivity index (χ4n) is 5.86. The van der Waals surface area contributed by atoms with Gasteiger partial charge in [0.15, 0.2) is 0 Å². The zero-order chi connectivity index (χ0) is 36.9. The van der Waals surface area contributed by atoms with Crippen LogP contribution in [-0.2, 0) is 19.2 Å². The molecule has 50 heavy (non-hydrogen) atoms. The molecule has 0 heterocycles. The molecular weight excluding hydrogens is 673 g/mol. The van der Waals surface area contributed by atoms with E-state index in [4.69, 9.17) is 11.5 Å². The normalized spacial score (nSPS) is 12.4. The highest BCUT2D eigenvalue weighted by molar-refractivity contribution is 8.76. The Hall–Kier alpha value is -1.50. The molecule has 0 aromatic carbocycles. The van der Waals surface area contributed by atoms with E-state index < -0.39 is 24.0 Å². The van der Waals surface area contributed by atoms with E-state index in [9.17, 15) is 29.4 Å². The molecule has 0 fully saturated rings. The zero-order valence-corrected chi connectivity index (χ0v) is 32.9. The molecule has 12 heteroatoms. The van der Waals surface area contributed by atoms with Gasteiger partial charge in [-0.15, -0.1) is 0 Å². The van der Waals surface area contributed by atoms with Crippen LogP contribution < -0.4 is 22.1 Å². The van der Waals surface area contributed by atoms with Gasteiger partial charge in [0.05, 0.1) is 0 Å². The quantitative estimate of drug-likeness (QED) is 0.0264. The number of amides is 2. The summed E-state index contributed by atoms with van der Waals surface area (Å²) in [6.45, 7) is 1.60. The SMILES string of the molecule is NCCCCCCCCCCCCCCCC(=O)NC(CSSCC(NC(=O)CCCCCCCCCCCCCCCN)C(=O)O)C(=O)O. The van der Waals surface area contributed by atoms with Gasteiger partial charge in [-0.05, 0) is 38.8 Å². The standard InChI is InChI=1S/C38H74N4O6S2/c39-29-25-21-17-13-9-5-1-3-7-11-15-19-23-27-35(43)41-33(37(45)46)31-49-50-32-34(38(47)48)42-36(44)28-24-20-16-12-8-4-2-6-10-14-18-22-26-30-40/h33-34H,1-32,39-40H2,(H,41,43)(H,42,44)(H,45,46)(H,47,48). The second kappa shape index (κ2) is 37.3. The van der Waals surface area contributed by atoms with Gasteiger partial charge in [0, 0.05) is 24.3 Å². The number of carboxylic acids is 2. The Morgan fingerprint density at radius 1 is 0.400 bits per heavy atom. The van der Waals surface area contributed by atoms with Gasteiger partial charge in [0.2, 0.25) is 11.8 Å². The summed E-state index contributed by atoms with van der Waals surface area (Å²) >= 11 is 0. The van der Waals surface area contributed by atoms with Crippen molar-refractivity contribution in [1.82, 2.24) is 10.6 Å². The Bertz CT molecular complexity index is 773. The molecule has 294 valence electrons. The number of unbranched alkanes of at least 4 members (excludes halogenated alkanes) is 24. The molecule has 0 saturated heterocycles. The maximum atomic E-state index is 12.3. The van der Waals surface area contributed by atoms with Gasteiger partial charge in [-0.25, -0.2) is 9.59 Å². The molecule has 8 N–H and O–H groups in total. The average Bonchev–Trinajstić information content (AvgIpc) is 3.09. The van der Waals surface area contributed by atoms with E-state index in [1.54, 1.807) is 0 Å². The lowest BCUT2D eigenvalue weighted by Crippen LogP contribution is -2.43. The Morgan fingerprint density at radius 3 is 0.840 bits per heavy atom. The van der Waals surface area contributed by atoms with Crippen LogP contribution in [-0.4, -0.2) is 70.6 Å². The van der Waals surface area contributed by atoms with Crippen molar-refractivity contribution in [2.24, 2.45) is 11.5 Å². The summed E-state index contributed by atoms with van der Waals surface area (Å²) in [5, 5.41) is 24.3. The van der Waals surface area contributed by atoms with E-state index in [1.807, 2.05) is 0 Å². The second-order valence-corrected chi connectivity index (χ2v) is 16.3. The molecule has 0 spiro atoms. The van der Waals surface area contributed by atoms with E-state index >= 15 is 0 Å². The van der Waals surface area contributed by atoms with Crippen LogP contribution in [0.15, 0.2) is 0 Å². The van der Waals surface area contributed by atoms with E-state index in [0.717, 1.165) is 64.5 Å². The molecule has 0 rings (SSSR count). The number of aliphatic carboxylic acids is 2. The lowest BCUT2D eigenvalue weighted by atomic mass is 10.0. The first-order chi connectivity index (χ1) is 24.3. The predicted molar refractivity (Wildman–Crippen MR) is 211 cm³/mol. The van der Waals surface area contributed by atoms with Crippen LogP contribution in [0.4, 0.5) is 0 Å². The third kappa shape index (κ3) is 33.6. The first-order valence-electron chi connectivity index (χ1n) is 20.0. The monoisotopic (exact) mass is 747 g/mol. The number of rotatable bonds is 39. The lowest BCUT2D eigenvalue weighted by molar-refractivity contribution is -0.141. The average molecular weight is 747 g/mol. The highest BCUT2D eigenvalue weighted by Crippen LogP contribution is 2.23. The fourth-order valence-corrected chi connectivity index (χ4v) is 8.17. The van der Waals surface area contributed by atoms with Gasteiger partial charge in [-0.3, -0.25) is 9.59 Å². The number of nitrogens with two attached hydrogens (primary N) is 2. The van der Waals surface area contributed by atoms with Crippen LogP contribution in [0.2, 0.25) is 0 Å². The lowest BCUT2D eigenvalue weighted by Gasteiger charge is -2.16. The summed E-state index contributed by atoms with van der Waals surface area (Å²) in [4.78, 5) is 48.1. The van der Waals surface area contributed by atoms with Crippen molar-refractivity contribution < 1.29 is 29.4 Å². The van der Waals surface area contributed by atoms with Gasteiger partial charge in [-0.1, -0.05) is 163 Å². The minimum atomic E-state index is -1.12. The van der Waals surface area contributed by atoms with Gasteiger partial charge >= 0.3 is 11.9 Å². The molecule has 0 aliphatic heterocycles. The number of carbonyl (C=O) groups is 4. The van der Waals surface area contributed by atoms with E-state index in [2.05, 4.69) is 10.6 Å². The van der Waals surface area contributed by atoms with E-state index in [0.29, 0.717) is 12.8 Å². The molecule has 0 aromatic rings. The summed E-state index contributed by atoms with van der Waals surface area (Å²) in [6, 6.07) is -2.09. The number of hydrogen-bond acceptors (Lipinski definition) is 8. The molecule has 2 atom stereocenters. The van der Waals surface area contributed by atoms with Crippen LogP contribution in [0.1, 0.15) is 180 Å². The number of hydrogen-bond donors (Lipinski definition) is 6. The minimum absolute atomic E-state index is 0.106. The van der Waals surface area contributed by atoms with Gasteiger partial charge < -0.3 is 32.3 Å². The summed E-state index contributed by atoms with van der Waals surface area (Å²) in [7, 11) is 2.38. The molecule has 0 aromatic heterocycles. The molecule has 10 nitrogen and oxygen atoms in total. The smallest absolute Gasteiger partial charge is 0.327 e. The minimum Gasteiger partial charge on any atom is -0.480 e. The maximum Gasteiger partial charge on any atom is 0.327 e. The van der Waals surface area contributed by atoms with Crippen LogP contribution in [0, 0.1) is 0 Å². The largest absolute Gasteiger partial charge is 0.480 e. The molecule has 0 aliphatic rings. The molecule has 0 bridgehead atoms. The highest BCUT2D eigenvalue weighted by Gasteiger charge is 2.23. The molecule has 0 radical (unpaired) electrons. The van der Waals surface area contributed by atoms with Crippen LogP contribution in [0.25, 0.3) is 0 Å². The Morgan fingerprint density at radius 2 is 0.620 bits per heavy atom. The summed E-state index contributed by atoms with van der Waals surface area (Å²) in [5.41, 5.74) is 11.0. The van der Waals surface area contributed by atoms with E-state index in [-0.39, 0.29) is 23.3 Å². The Balaban J connectivity index is 3.91. The van der Waals surface area contributed by atoms with Gasteiger partial charge in [-0.2, -0.15) is 0 Å². The predicted octanol–water partition coefficient (Wildman–Crippen LogP) is 8.35. The van der Waals surface area contributed by atoms with Crippen molar-refractivity contribution in [2.45, 2.75) is 192 Å². The molecule has 0 aliphatic carbocycles. The first kappa shape index (κ1) is 48.5. The second-order valence-electron chi connectivity index (χ2n) is 13.8. The molecule has 2 unspecified atom stereocenters. The fraction of sp³-hybridized carbons (Fsp3) is 0.895. The van der Waals surface area contributed by atoms with Crippen molar-refractivity contribution in [1.29, 1.82) is 0 Å². The Kier molecular flexibility index (Phi) is 36.1. The molecule has 2 amide bonds. The maximum absolute atomic E-state index is 12.3. The third-order valence-corrected chi connectivity index (χ3v) is 11.5. The Labute approximate surface area is 312 Å². The molecule has 0 saturated carbocycles. The summed E-state index contributed by atoms with van der Waals surface area (Å²) < 4.78 is 0. The van der Waals surface area contributed by atoms with Gasteiger partial charge in [0.1, 0.15) is 12.1 Å². The highest BCUT2D eigenvalue weighted by atomic mass is 33.1.